The molecule has 2 rings (SSSR count). The van der Waals surface area contributed by atoms with Gasteiger partial charge in [0.05, 0.1) is 20.8 Å². The second kappa shape index (κ2) is 6.26. The number of aliphatic hydroxyl groups excluding tert-OH is 1. The molecule has 1 heterocycles. The van der Waals surface area contributed by atoms with Crippen molar-refractivity contribution in [3.8, 4) is 11.5 Å². The number of hydrogen-bond acceptors (Lipinski definition) is 3. The highest BCUT2D eigenvalue weighted by atomic mass is 16.5. The summed E-state index contributed by atoms with van der Waals surface area (Å²) in [5.41, 5.74) is 2.23. The van der Waals surface area contributed by atoms with Gasteiger partial charge in [0, 0.05) is 11.1 Å². The average Bonchev–Trinajstić information content (AvgIpc) is 2.39. The Kier molecular flexibility index (Phi) is 4.66. The van der Waals surface area contributed by atoms with Crippen LogP contribution in [-0.4, -0.2) is 38.5 Å². The summed E-state index contributed by atoms with van der Waals surface area (Å²) < 4.78 is 10.9. The van der Waals surface area contributed by atoms with Crippen molar-refractivity contribution in [3.63, 3.8) is 0 Å². The third-order valence-electron chi connectivity index (χ3n) is 3.89. The van der Waals surface area contributed by atoms with Crippen LogP contribution in [0.2, 0.25) is 0 Å². The van der Waals surface area contributed by atoms with Crippen molar-refractivity contribution in [3.05, 3.63) is 23.3 Å². The zero-order valence-corrected chi connectivity index (χ0v) is 12.0. The highest BCUT2D eigenvalue weighted by Gasteiger charge is 2.23. The van der Waals surface area contributed by atoms with Crippen LogP contribution in [0.5, 0.6) is 11.5 Å². The summed E-state index contributed by atoms with van der Waals surface area (Å²) in [6.45, 7) is 4.85. The van der Waals surface area contributed by atoms with E-state index in [0.29, 0.717) is 0 Å². The average molecular weight is 266 g/mol. The third kappa shape index (κ3) is 3.19. The number of aliphatic hydroxyl groups is 1. The molecule has 0 aliphatic carbocycles. The van der Waals surface area contributed by atoms with E-state index in [1.165, 1.54) is 10.5 Å². The number of rotatable bonds is 4. The van der Waals surface area contributed by atoms with Crippen LogP contribution in [0.15, 0.2) is 12.1 Å². The van der Waals surface area contributed by atoms with Crippen LogP contribution >= 0.6 is 0 Å². The van der Waals surface area contributed by atoms with Crippen molar-refractivity contribution in [1.29, 1.82) is 0 Å². The van der Waals surface area contributed by atoms with Crippen LogP contribution in [0.25, 0.3) is 0 Å². The summed E-state index contributed by atoms with van der Waals surface area (Å²) in [5, 5.41) is 9.75. The van der Waals surface area contributed by atoms with E-state index in [2.05, 4.69) is 6.07 Å². The first-order chi connectivity index (χ1) is 9.15. The zero-order chi connectivity index (χ0) is 13.8. The van der Waals surface area contributed by atoms with Gasteiger partial charge in [-0.3, -0.25) is 0 Å². The summed E-state index contributed by atoms with van der Waals surface area (Å²) in [5.74, 6) is 1.76. The van der Waals surface area contributed by atoms with Crippen LogP contribution in [0, 0.1) is 6.92 Å². The van der Waals surface area contributed by atoms with Gasteiger partial charge in [-0.05, 0) is 31.9 Å². The normalized spacial score (nSPS) is 23.2. The number of piperidine rings is 1. The van der Waals surface area contributed by atoms with Crippen LogP contribution in [0.1, 0.15) is 24.0 Å². The second-order valence-electron chi connectivity index (χ2n) is 5.26. The zero-order valence-electron chi connectivity index (χ0n) is 12.0. The van der Waals surface area contributed by atoms with Gasteiger partial charge in [-0.1, -0.05) is 0 Å². The molecule has 1 aromatic rings. The summed E-state index contributed by atoms with van der Waals surface area (Å²) in [4.78, 5) is 1.42. The molecular weight excluding hydrogens is 242 g/mol. The number of benzene rings is 1. The van der Waals surface area contributed by atoms with Crippen molar-refractivity contribution in [2.45, 2.75) is 32.4 Å². The topological polar surface area (TPSA) is 43.1 Å². The van der Waals surface area contributed by atoms with Gasteiger partial charge in [-0.15, -0.1) is 0 Å². The lowest BCUT2D eigenvalue weighted by molar-refractivity contribution is -0.921. The highest BCUT2D eigenvalue weighted by Crippen LogP contribution is 2.30. The molecule has 1 fully saturated rings. The minimum Gasteiger partial charge on any atom is -0.496 e. The Labute approximate surface area is 114 Å². The maximum absolute atomic E-state index is 9.75. The molecule has 0 bridgehead atoms. The molecular formula is C15H24NO3+. The first kappa shape index (κ1) is 14.2. The quantitative estimate of drug-likeness (QED) is 0.836. The first-order valence-corrected chi connectivity index (χ1v) is 6.87. The van der Waals surface area contributed by atoms with E-state index in [1.54, 1.807) is 14.2 Å². The summed E-state index contributed by atoms with van der Waals surface area (Å²) in [7, 11) is 3.37. The summed E-state index contributed by atoms with van der Waals surface area (Å²) in [6, 6.07) is 4.06. The minimum absolute atomic E-state index is 0.158. The van der Waals surface area contributed by atoms with E-state index in [-0.39, 0.29) is 6.10 Å². The predicted molar refractivity (Wildman–Crippen MR) is 73.9 cm³/mol. The number of ether oxygens (including phenoxy) is 2. The molecule has 19 heavy (non-hydrogen) atoms. The molecule has 1 aromatic carbocycles. The van der Waals surface area contributed by atoms with Gasteiger partial charge in [0.15, 0.2) is 0 Å². The molecule has 1 aliphatic heterocycles. The SMILES string of the molecule is COc1ccc(C[NH+]2CCC[C@H](O)C2)c(OC)c1C. The molecule has 106 valence electrons. The first-order valence-electron chi connectivity index (χ1n) is 6.87. The number of nitrogens with one attached hydrogen (secondary N) is 1. The summed E-state index contributed by atoms with van der Waals surface area (Å²) >= 11 is 0. The Morgan fingerprint density at radius 3 is 2.74 bits per heavy atom. The molecule has 0 aromatic heterocycles. The molecule has 1 aliphatic rings. The molecule has 0 amide bonds. The van der Waals surface area contributed by atoms with Crippen LogP contribution in [0.4, 0.5) is 0 Å². The molecule has 0 radical (unpaired) electrons. The Morgan fingerprint density at radius 1 is 1.32 bits per heavy atom. The van der Waals surface area contributed by atoms with E-state index in [9.17, 15) is 5.11 Å². The fourth-order valence-electron chi connectivity index (χ4n) is 2.93. The lowest BCUT2D eigenvalue weighted by Crippen LogP contribution is -3.12. The monoisotopic (exact) mass is 266 g/mol. The smallest absolute Gasteiger partial charge is 0.134 e. The van der Waals surface area contributed by atoms with Gasteiger partial charge >= 0.3 is 0 Å². The fourth-order valence-corrected chi connectivity index (χ4v) is 2.93. The minimum atomic E-state index is -0.158. The molecule has 0 saturated carbocycles. The van der Waals surface area contributed by atoms with Crippen LogP contribution < -0.4 is 14.4 Å². The van der Waals surface area contributed by atoms with Gasteiger partial charge in [0.25, 0.3) is 0 Å². The molecule has 4 heteroatoms. The van der Waals surface area contributed by atoms with E-state index in [1.807, 2.05) is 13.0 Å². The Balaban J connectivity index is 2.17. The van der Waals surface area contributed by atoms with Gasteiger partial charge in [-0.25, -0.2) is 0 Å². The van der Waals surface area contributed by atoms with Crippen molar-refractivity contribution in [2.24, 2.45) is 0 Å². The largest absolute Gasteiger partial charge is 0.496 e. The van der Waals surface area contributed by atoms with E-state index in [4.69, 9.17) is 9.47 Å². The maximum Gasteiger partial charge on any atom is 0.134 e. The second-order valence-corrected chi connectivity index (χ2v) is 5.26. The van der Waals surface area contributed by atoms with Crippen molar-refractivity contribution >= 4 is 0 Å². The highest BCUT2D eigenvalue weighted by molar-refractivity contribution is 5.48. The van der Waals surface area contributed by atoms with Crippen molar-refractivity contribution < 1.29 is 19.5 Å². The third-order valence-corrected chi connectivity index (χ3v) is 3.89. The number of likely N-dealkylation sites (tertiary alicyclic amines) is 1. The standard InChI is InChI=1S/C15H23NO3/c1-11-14(18-2)7-6-12(15(11)19-3)9-16-8-4-5-13(17)10-16/h6-7,13,17H,4-5,8-10H2,1-3H3/p+1/t13-/m0/s1. The summed E-state index contributed by atoms with van der Waals surface area (Å²) in [6.07, 6.45) is 1.87. The lowest BCUT2D eigenvalue weighted by Gasteiger charge is -2.27. The number of quaternary nitrogens is 1. The maximum atomic E-state index is 9.75. The van der Waals surface area contributed by atoms with Gasteiger partial charge in [0.2, 0.25) is 0 Å². The van der Waals surface area contributed by atoms with Gasteiger partial charge in [0.1, 0.15) is 30.7 Å². The predicted octanol–water partition coefficient (Wildman–Crippen LogP) is 0.552. The molecule has 1 unspecified atom stereocenters. The molecule has 0 spiro atoms. The van der Waals surface area contributed by atoms with E-state index < -0.39 is 0 Å². The van der Waals surface area contributed by atoms with Crippen LogP contribution in [0.3, 0.4) is 0 Å². The molecule has 2 N–H and O–H groups in total. The number of hydrogen-bond donors (Lipinski definition) is 2. The molecule has 1 saturated heterocycles. The van der Waals surface area contributed by atoms with Crippen LogP contribution in [-0.2, 0) is 6.54 Å². The van der Waals surface area contributed by atoms with E-state index in [0.717, 1.165) is 49.5 Å². The van der Waals surface area contributed by atoms with Crippen molar-refractivity contribution in [2.75, 3.05) is 27.3 Å². The Bertz CT molecular complexity index is 434. The van der Waals surface area contributed by atoms with Gasteiger partial charge in [-0.2, -0.15) is 0 Å². The molecule has 4 nitrogen and oxygen atoms in total. The van der Waals surface area contributed by atoms with Crippen molar-refractivity contribution in [1.82, 2.24) is 0 Å². The Hall–Kier alpha value is -1.26. The van der Waals surface area contributed by atoms with Gasteiger partial charge < -0.3 is 19.5 Å². The molecule has 2 atom stereocenters. The lowest BCUT2D eigenvalue weighted by atomic mass is 10.0. The Morgan fingerprint density at radius 2 is 2.11 bits per heavy atom. The number of methoxy groups -OCH3 is 2. The fraction of sp³-hybridized carbons (Fsp3) is 0.600. The van der Waals surface area contributed by atoms with E-state index >= 15 is 0 Å².